The Bertz CT molecular complexity index is 1480. The number of hydrogen-bond donors (Lipinski definition) is 1. The zero-order chi connectivity index (χ0) is 30.3. The molecule has 0 saturated heterocycles. The van der Waals surface area contributed by atoms with Crippen LogP contribution in [0.1, 0.15) is 45.1 Å². The van der Waals surface area contributed by atoms with Gasteiger partial charge in [0.25, 0.3) is 10.0 Å². The van der Waals surface area contributed by atoms with Crippen molar-refractivity contribution >= 4 is 55.1 Å². The molecule has 1 atom stereocenters. The molecule has 0 bridgehead atoms. The van der Waals surface area contributed by atoms with Crippen LogP contribution in [0.2, 0.25) is 5.02 Å². The van der Waals surface area contributed by atoms with E-state index in [4.69, 9.17) is 16.3 Å². The lowest BCUT2D eigenvalue weighted by molar-refractivity contribution is -0.139. The molecule has 0 aliphatic heterocycles. The van der Waals surface area contributed by atoms with Gasteiger partial charge in [0.05, 0.1) is 17.2 Å². The molecule has 1 aliphatic rings. The molecule has 0 aromatic heterocycles. The molecule has 8 nitrogen and oxygen atoms in total. The summed E-state index contributed by atoms with van der Waals surface area (Å²) in [6, 6.07) is 19.1. The van der Waals surface area contributed by atoms with Gasteiger partial charge in [-0.15, -0.1) is 0 Å². The molecule has 1 saturated carbocycles. The molecule has 2 amide bonds. The predicted molar refractivity (Wildman–Crippen MR) is 168 cm³/mol. The summed E-state index contributed by atoms with van der Waals surface area (Å²) in [4.78, 5) is 28.9. The number of carbonyl (C=O) groups excluding carboxylic acids is 2. The SMILES string of the molecule is CCOc1ccccc1N(CC(=O)N(Cc1ccc(Br)cc1)[C@H](C)C(=O)NC1CCCC1)S(=O)(=O)c1ccc(Cl)cc1. The average Bonchev–Trinajstić information content (AvgIpc) is 3.49. The van der Waals surface area contributed by atoms with Gasteiger partial charge in [-0.3, -0.25) is 13.9 Å². The van der Waals surface area contributed by atoms with Crippen molar-refractivity contribution in [2.24, 2.45) is 0 Å². The van der Waals surface area contributed by atoms with E-state index >= 15 is 0 Å². The van der Waals surface area contributed by atoms with Crippen LogP contribution < -0.4 is 14.4 Å². The Balaban J connectivity index is 1.72. The summed E-state index contributed by atoms with van der Waals surface area (Å²) in [6.07, 6.45) is 3.91. The molecule has 3 aromatic carbocycles. The van der Waals surface area contributed by atoms with Crippen LogP contribution in [-0.2, 0) is 26.2 Å². The van der Waals surface area contributed by atoms with Crippen molar-refractivity contribution in [3.8, 4) is 5.75 Å². The molecule has 1 N–H and O–H groups in total. The monoisotopic (exact) mass is 675 g/mol. The van der Waals surface area contributed by atoms with Gasteiger partial charge in [0, 0.05) is 22.1 Å². The molecule has 1 aliphatic carbocycles. The van der Waals surface area contributed by atoms with Crippen LogP contribution in [0.4, 0.5) is 5.69 Å². The Morgan fingerprint density at radius 1 is 1.02 bits per heavy atom. The standard InChI is InChI=1S/C31H35BrClN3O5S/c1-3-41-29-11-7-6-10-28(29)36(42(39,40)27-18-16-25(33)17-19-27)21-30(37)35(20-23-12-14-24(32)15-13-23)22(2)31(38)34-26-8-4-5-9-26/h6-7,10-19,22,26H,3-5,8-9,20-21H2,1-2H3,(H,34,38)/t22-/m1/s1. The minimum absolute atomic E-state index is 0.0301. The second-order valence-corrected chi connectivity index (χ2v) is 13.4. The number of hydrogen-bond acceptors (Lipinski definition) is 5. The van der Waals surface area contributed by atoms with Gasteiger partial charge in [-0.25, -0.2) is 8.42 Å². The zero-order valence-corrected chi connectivity index (χ0v) is 26.8. The summed E-state index contributed by atoms with van der Waals surface area (Å²) in [5.41, 5.74) is 1.02. The fourth-order valence-electron chi connectivity index (χ4n) is 4.95. The maximum Gasteiger partial charge on any atom is 0.264 e. The number of anilines is 1. The molecule has 0 unspecified atom stereocenters. The number of halogens is 2. The van der Waals surface area contributed by atoms with Crippen molar-refractivity contribution in [2.75, 3.05) is 17.5 Å². The van der Waals surface area contributed by atoms with Crippen LogP contribution in [0.25, 0.3) is 0 Å². The fourth-order valence-corrected chi connectivity index (χ4v) is 6.76. The van der Waals surface area contributed by atoms with E-state index in [1.165, 1.54) is 29.2 Å². The maximum absolute atomic E-state index is 14.2. The lowest BCUT2D eigenvalue weighted by atomic mass is 10.1. The molecule has 0 spiro atoms. The third-order valence-corrected chi connectivity index (χ3v) is 9.80. The number of sulfonamides is 1. The molecule has 4 rings (SSSR count). The van der Waals surface area contributed by atoms with Crippen molar-refractivity contribution in [3.63, 3.8) is 0 Å². The maximum atomic E-state index is 14.2. The first-order chi connectivity index (χ1) is 20.1. The molecular weight excluding hydrogens is 642 g/mol. The van der Waals surface area contributed by atoms with E-state index in [9.17, 15) is 18.0 Å². The van der Waals surface area contributed by atoms with Crippen molar-refractivity contribution in [1.29, 1.82) is 0 Å². The lowest BCUT2D eigenvalue weighted by Crippen LogP contribution is -2.52. The Hall–Kier alpha value is -3.08. The number of nitrogens with zero attached hydrogens (tertiary/aromatic N) is 2. The second kappa shape index (κ2) is 14.4. The first-order valence-electron chi connectivity index (χ1n) is 13.9. The van der Waals surface area contributed by atoms with Gasteiger partial charge in [0.15, 0.2) is 0 Å². The number of amides is 2. The topological polar surface area (TPSA) is 96.0 Å². The van der Waals surface area contributed by atoms with Crippen molar-refractivity contribution in [1.82, 2.24) is 10.2 Å². The summed E-state index contributed by atoms with van der Waals surface area (Å²) in [5.74, 6) is -0.484. The summed E-state index contributed by atoms with van der Waals surface area (Å²) in [6.45, 7) is 3.34. The number of rotatable bonds is 12. The minimum atomic E-state index is -4.24. The third-order valence-electron chi connectivity index (χ3n) is 7.25. The van der Waals surface area contributed by atoms with Crippen LogP contribution in [0.15, 0.2) is 82.2 Å². The Labute approximate surface area is 261 Å². The first kappa shape index (κ1) is 31.8. The van der Waals surface area contributed by atoms with E-state index in [1.54, 1.807) is 38.1 Å². The van der Waals surface area contributed by atoms with Crippen LogP contribution in [0.5, 0.6) is 5.75 Å². The highest BCUT2D eigenvalue weighted by atomic mass is 79.9. The summed E-state index contributed by atoms with van der Waals surface area (Å²) in [7, 11) is -4.24. The van der Waals surface area contributed by atoms with Crippen LogP contribution in [-0.4, -0.2) is 50.4 Å². The minimum Gasteiger partial charge on any atom is -0.492 e. The largest absolute Gasteiger partial charge is 0.492 e. The van der Waals surface area contributed by atoms with Gasteiger partial charge in [0.2, 0.25) is 11.8 Å². The highest BCUT2D eigenvalue weighted by Crippen LogP contribution is 2.33. The van der Waals surface area contributed by atoms with Crippen LogP contribution in [0, 0.1) is 0 Å². The normalized spacial score (nSPS) is 14.3. The Kier molecular flexibility index (Phi) is 10.9. The van der Waals surface area contributed by atoms with Gasteiger partial charge < -0.3 is 15.0 Å². The number of ether oxygens (including phenoxy) is 1. The van der Waals surface area contributed by atoms with E-state index in [-0.39, 0.29) is 29.1 Å². The Morgan fingerprint density at radius 2 is 1.67 bits per heavy atom. The number of para-hydroxylation sites is 2. The van der Waals surface area contributed by atoms with Gasteiger partial charge in [-0.2, -0.15) is 0 Å². The Morgan fingerprint density at radius 3 is 2.31 bits per heavy atom. The molecule has 1 fully saturated rings. The van der Waals surface area contributed by atoms with Crippen molar-refractivity contribution in [3.05, 3.63) is 87.9 Å². The smallest absolute Gasteiger partial charge is 0.264 e. The second-order valence-electron chi connectivity index (χ2n) is 10.2. The molecule has 0 heterocycles. The predicted octanol–water partition coefficient (Wildman–Crippen LogP) is 6.17. The molecular formula is C31H35BrClN3O5S. The number of carbonyl (C=O) groups is 2. The average molecular weight is 677 g/mol. The van der Waals surface area contributed by atoms with Crippen molar-refractivity contribution in [2.45, 2.75) is 63.1 Å². The van der Waals surface area contributed by atoms with Gasteiger partial charge >= 0.3 is 0 Å². The van der Waals surface area contributed by atoms with Gasteiger partial charge in [0.1, 0.15) is 18.3 Å². The van der Waals surface area contributed by atoms with Crippen LogP contribution >= 0.6 is 27.5 Å². The third kappa shape index (κ3) is 7.85. The summed E-state index contributed by atoms with van der Waals surface area (Å²) in [5, 5.41) is 3.46. The quantitative estimate of drug-likeness (QED) is 0.248. The summed E-state index contributed by atoms with van der Waals surface area (Å²) >= 11 is 9.46. The fraction of sp³-hybridized carbons (Fsp3) is 0.355. The van der Waals surface area contributed by atoms with E-state index in [0.717, 1.165) is 40.0 Å². The number of benzene rings is 3. The van der Waals surface area contributed by atoms with Crippen LogP contribution in [0.3, 0.4) is 0 Å². The highest BCUT2D eigenvalue weighted by Gasteiger charge is 2.34. The lowest BCUT2D eigenvalue weighted by Gasteiger charge is -2.33. The van der Waals surface area contributed by atoms with E-state index < -0.39 is 28.5 Å². The molecule has 224 valence electrons. The van der Waals surface area contributed by atoms with E-state index in [2.05, 4.69) is 21.2 Å². The highest BCUT2D eigenvalue weighted by molar-refractivity contribution is 9.10. The molecule has 3 aromatic rings. The number of nitrogens with one attached hydrogen (secondary N) is 1. The first-order valence-corrected chi connectivity index (χ1v) is 16.6. The molecule has 42 heavy (non-hydrogen) atoms. The molecule has 11 heteroatoms. The van der Waals surface area contributed by atoms with E-state index in [0.29, 0.717) is 17.4 Å². The van der Waals surface area contributed by atoms with Gasteiger partial charge in [-0.05, 0) is 80.8 Å². The van der Waals surface area contributed by atoms with E-state index in [1.807, 2.05) is 24.3 Å². The summed E-state index contributed by atoms with van der Waals surface area (Å²) < 4.78 is 35.8. The zero-order valence-electron chi connectivity index (χ0n) is 23.6. The van der Waals surface area contributed by atoms with Gasteiger partial charge in [-0.1, -0.05) is 64.6 Å². The van der Waals surface area contributed by atoms with Crippen molar-refractivity contribution < 1.29 is 22.7 Å². The molecule has 0 radical (unpaired) electrons.